The highest BCUT2D eigenvalue weighted by Crippen LogP contribution is 2.20. The van der Waals surface area contributed by atoms with Gasteiger partial charge >= 0.3 is 12.1 Å². The van der Waals surface area contributed by atoms with Gasteiger partial charge in [0.05, 0.1) is 17.2 Å². The summed E-state index contributed by atoms with van der Waals surface area (Å²) in [4.78, 5) is 23.1. The lowest BCUT2D eigenvalue weighted by molar-refractivity contribution is -0.132. The zero-order valence-corrected chi connectivity index (χ0v) is 17.6. The number of thioether (sulfide) groups is 1. The van der Waals surface area contributed by atoms with Crippen molar-refractivity contribution in [3.63, 3.8) is 0 Å². The van der Waals surface area contributed by atoms with Crippen LogP contribution in [0.4, 0.5) is 4.79 Å². The second kappa shape index (κ2) is 17.3. The Morgan fingerprint density at radius 3 is 2.00 bits per heavy atom. The molecule has 2 N–H and O–H groups in total. The third-order valence-electron chi connectivity index (χ3n) is 4.10. The number of carbonyl (C=O) groups excluding carboxylic acids is 1. The van der Waals surface area contributed by atoms with Gasteiger partial charge in [0.25, 0.3) is 0 Å². The van der Waals surface area contributed by atoms with Crippen LogP contribution < -0.4 is 5.32 Å². The van der Waals surface area contributed by atoms with Crippen LogP contribution in [-0.2, 0) is 9.53 Å². The van der Waals surface area contributed by atoms with Crippen molar-refractivity contribution in [3.05, 3.63) is 10.6 Å². The SMILES string of the molecule is CCCCCCCCCS/C(NC(=O)OCCCCCC)=C(\C)C(=O)O. The van der Waals surface area contributed by atoms with E-state index in [0.29, 0.717) is 11.6 Å². The highest BCUT2D eigenvalue weighted by molar-refractivity contribution is 8.03. The minimum absolute atomic E-state index is 0.154. The second-order valence-corrected chi connectivity index (χ2v) is 7.66. The molecule has 0 aliphatic heterocycles. The molecule has 0 spiro atoms. The molecular weight excluding hydrogens is 350 g/mol. The second-order valence-electron chi connectivity index (χ2n) is 6.55. The number of aliphatic carboxylic acids is 1. The summed E-state index contributed by atoms with van der Waals surface area (Å²) in [6, 6.07) is 0. The first-order valence-electron chi connectivity index (χ1n) is 10.0. The molecule has 0 aromatic heterocycles. The lowest BCUT2D eigenvalue weighted by Crippen LogP contribution is -2.25. The Kier molecular flexibility index (Phi) is 16.5. The summed E-state index contributed by atoms with van der Waals surface area (Å²) >= 11 is 1.39. The van der Waals surface area contributed by atoms with Gasteiger partial charge in [0, 0.05) is 0 Å². The monoisotopic (exact) mass is 387 g/mol. The van der Waals surface area contributed by atoms with Crippen LogP contribution in [0.25, 0.3) is 0 Å². The molecule has 0 saturated heterocycles. The van der Waals surface area contributed by atoms with Gasteiger partial charge in [-0.05, 0) is 25.5 Å². The van der Waals surface area contributed by atoms with Crippen LogP contribution in [0.5, 0.6) is 0 Å². The molecule has 5 nitrogen and oxygen atoms in total. The van der Waals surface area contributed by atoms with Crippen molar-refractivity contribution >= 4 is 23.8 Å². The van der Waals surface area contributed by atoms with E-state index in [1.54, 1.807) is 0 Å². The fourth-order valence-electron chi connectivity index (χ4n) is 2.39. The van der Waals surface area contributed by atoms with Gasteiger partial charge in [0.1, 0.15) is 0 Å². The van der Waals surface area contributed by atoms with Gasteiger partial charge in [0.15, 0.2) is 0 Å². The first-order valence-corrected chi connectivity index (χ1v) is 11.0. The summed E-state index contributed by atoms with van der Waals surface area (Å²) in [6.07, 6.45) is 12.0. The maximum absolute atomic E-state index is 11.9. The molecule has 0 saturated carbocycles. The number of hydrogen-bond acceptors (Lipinski definition) is 4. The number of hydrogen-bond donors (Lipinski definition) is 2. The summed E-state index contributed by atoms with van der Waals surface area (Å²) in [7, 11) is 0. The third kappa shape index (κ3) is 14.0. The largest absolute Gasteiger partial charge is 0.478 e. The Labute approximate surface area is 163 Å². The molecule has 0 unspecified atom stereocenters. The molecule has 1 amide bonds. The van der Waals surface area contributed by atoms with Gasteiger partial charge < -0.3 is 9.84 Å². The molecule has 152 valence electrons. The van der Waals surface area contributed by atoms with Crippen molar-refractivity contribution in [2.24, 2.45) is 0 Å². The number of carboxylic acids is 1. The maximum atomic E-state index is 11.9. The average Bonchev–Trinajstić information content (AvgIpc) is 2.62. The van der Waals surface area contributed by atoms with Crippen molar-refractivity contribution in [1.82, 2.24) is 5.32 Å². The maximum Gasteiger partial charge on any atom is 0.412 e. The molecule has 0 aliphatic carbocycles. The molecule has 0 aromatic carbocycles. The van der Waals surface area contributed by atoms with Crippen molar-refractivity contribution in [1.29, 1.82) is 0 Å². The van der Waals surface area contributed by atoms with E-state index in [-0.39, 0.29) is 5.57 Å². The molecule has 0 aliphatic rings. The number of carbonyl (C=O) groups is 2. The van der Waals surface area contributed by atoms with Crippen molar-refractivity contribution < 1.29 is 19.4 Å². The smallest absolute Gasteiger partial charge is 0.412 e. The number of carboxylic acid groups (broad SMARTS) is 1. The Balaban J connectivity index is 4.16. The van der Waals surface area contributed by atoms with Crippen LogP contribution in [-0.4, -0.2) is 29.5 Å². The lowest BCUT2D eigenvalue weighted by Gasteiger charge is -2.12. The number of rotatable bonds is 16. The van der Waals surface area contributed by atoms with E-state index in [1.807, 2.05) is 0 Å². The van der Waals surface area contributed by atoms with E-state index in [0.717, 1.165) is 44.3 Å². The fourth-order valence-corrected chi connectivity index (χ4v) is 3.40. The molecule has 0 aromatic rings. The van der Waals surface area contributed by atoms with Crippen LogP contribution in [0.15, 0.2) is 10.6 Å². The van der Waals surface area contributed by atoms with Gasteiger partial charge in [-0.3, -0.25) is 5.32 Å². The van der Waals surface area contributed by atoms with Crippen molar-refractivity contribution in [2.75, 3.05) is 12.4 Å². The van der Waals surface area contributed by atoms with Gasteiger partial charge in [-0.15, -0.1) is 11.8 Å². The summed E-state index contributed by atoms with van der Waals surface area (Å²) in [5.74, 6) is -0.222. The predicted octanol–water partition coefficient (Wildman–Crippen LogP) is 6.09. The number of ether oxygens (including phenoxy) is 1. The third-order valence-corrected chi connectivity index (χ3v) is 5.29. The van der Waals surface area contributed by atoms with E-state index in [9.17, 15) is 14.7 Å². The van der Waals surface area contributed by atoms with Crippen LogP contribution in [0.1, 0.15) is 91.4 Å². The Hall–Kier alpha value is -1.17. The van der Waals surface area contributed by atoms with Crippen molar-refractivity contribution in [3.8, 4) is 0 Å². The number of unbranched alkanes of at least 4 members (excludes halogenated alkanes) is 9. The molecule has 0 radical (unpaired) electrons. The molecule has 0 fully saturated rings. The van der Waals surface area contributed by atoms with Crippen LogP contribution >= 0.6 is 11.8 Å². The zero-order chi connectivity index (χ0) is 19.6. The molecule has 6 heteroatoms. The van der Waals surface area contributed by atoms with Crippen LogP contribution in [0.2, 0.25) is 0 Å². The summed E-state index contributed by atoms with van der Waals surface area (Å²) in [6.45, 7) is 6.21. The van der Waals surface area contributed by atoms with Gasteiger partial charge in [-0.2, -0.15) is 0 Å². The quantitative estimate of drug-likeness (QED) is 0.247. The van der Waals surface area contributed by atoms with E-state index in [1.165, 1.54) is 50.8 Å². The number of amides is 1. The molecule has 26 heavy (non-hydrogen) atoms. The normalized spacial score (nSPS) is 11.8. The van der Waals surface area contributed by atoms with E-state index in [4.69, 9.17) is 4.74 Å². The van der Waals surface area contributed by atoms with Crippen molar-refractivity contribution in [2.45, 2.75) is 91.4 Å². The van der Waals surface area contributed by atoms with E-state index in [2.05, 4.69) is 19.2 Å². The number of nitrogens with one attached hydrogen (secondary N) is 1. The van der Waals surface area contributed by atoms with Crippen LogP contribution in [0.3, 0.4) is 0 Å². The summed E-state index contributed by atoms with van der Waals surface area (Å²) < 4.78 is 5.14. The summed E-state index contributed by atoms with van der Waals surface area (Å²) in [5, 5.41) is 12.2. The van der Waals surface area contributed by atoms with Crippen LogP contribution in [0, 0.1) is 0 Å². The van der Waals surface area contributed by atoms with E-state index < -0.39 is 12.1 Å². The molecule has 0 rings (SSSR count). The number of alkyl carbamates (subject to hydrolysis) is 1. The standard InChI is InChI=1S/C20H37NO4S/c1-4-6-8-10-11-12-14-16-26-18(17(3)19(22)23)21-20(24)25-15-13-9-7-5-2/h4-16H2,1-3H3,(H,21,24)(H,22,23)/b18-17+. The lowest BCUT2D eigenvalue weighted by atomic mass is 10.1. The molecule has 0 atom stereocenters. The minimum Gasteiger partial charge on any atom is -0.478 e. The van der Waals surface area contributed by atoms with Gasteiger partial charge in [0.2, 0.25) is 0 Å². The van der Waals surface area contributed by atoms with Gasteiger partial charge in [-0.1, -0.05) is 71.6 Å². The average molecular weight is 388 g/mol. The Bertz CT molecular complexity index is 424. The highest BCUT2D eigenvalue weighted by atomic mass is 32.2. The highest BCUT2D eigenvalue weighted by Gasteiger charge is 2.14. The molecular formula is C20H37NO4S. The minimum atomic E-state index is -1.02. The Morgan fingerprint density at radius 2 is 1.42 bits per heavy atom. The zero-order valence-electron chi connectivity index (χ0n) is 16.8. The topological polar surface area (TPSA) is 75.6 Å². The first-order chi connectivity index (χ1) is 12.5. The predicted molar refractivity (Wildman–Crippen MR) is 109 cm³/mol. The fraction of sp³-hybridized carbons (Fsp3) is 0.800. The Morgan fingerprint density at radius 1 is 0.885 bits per heavy atom. The first kappa shape index (κ1) is 24.8. The van der Waals surface area contributed by atoms with Gasteiger partial charge in [-0.25, -0.2) is 9.59 Å². The molecule has 0 heterocycles. The van der Waals surface area contributed by atoms with E-state index >= 15 is 0 Å². The molecule has 0 bridgehead atoms. The summed E-state index contributed by atoms with van der Waals surface area (Å²) in [5.41, 5.74) is 0.154.